The Labute approximate surface area is 219 Å². The van der Waals surface area contributed by atoms with Gasteiger partial charge in [-0.1, -0.05) is 45.0 Å². The smallest absolute Gasteiger partial charge is 0.295 e. The lowest BCUT2D eigenvalue weighted by atomic mass is 9.93. The summed E-state index contributed by atoms with van der Waals surface area (Å²) in [6.07, 6.45) is 0.894. The molecule has 4 rings (SSSR count). The van der Waals surface area contributed by atoms with E-state index >= 15 is 0 Å². The number of carbonyl (C=O) groups is 2. The fourth-order valence-electron chi connectivity index (χ4n) is 4.92. The van der Waals surface area contributed by atoms with Crippen LogP contribution in [0.1, 0.15) is 61.4 Å². The second-order valence-electron chi connectivity index (χ2n) is 10.1. The van der Waals surface area contributed by atoms with Crippen molar-refractivity contribution >= 4 is 17.4 Å². The summed E-state index contributed by atoms with van der Waals surface area (Å²) in [6, 6.07) is 12.7. The molecule has 1 unspecified atom stereocenters. The van der Waals surface area contributed by atoms with Gasteiger partial charge >= 0.3 is 0 Å². The molecule has 2 heterocycles. The molecule has 0 saturated carbocycles. The molecular weight excluding hydrogens is 468 g/mol. The third-order valence-corrected chi connectivity index (χ3v) is 7.13. The van der Waals surface area contributed by atoms with Gasteiger partial charge in [0.05, 0.1) is 31.4 Å². The Morgan fingerprint density at radius 3 is 2.41 bits per heavy atom. The van der Waals surface area contributed by atoms with E-state index in [1.165, 1.54) is 5.56 Å². The minimum atomic E-state index is -0.654. The van der Waals surface area contributed by atoms with Crippen molar-refractivity contribution in [3.63, 3.8) is 0 Å². The van der Waals surface area contributed by atoms with Crippen molar-refractivity contribution in [3.8, 4) is 5.75 Å². The van der Waals surface area contributed by atoms with Crippen LogP contribution in [0.15, 0.2) is 48.0 Å². The number of aliphatic hydroxyl groups excluding tert-OH is 1. The van der Waals surface area contributed by atoms with Gasteiger partial charge in [-0.3, -0.25) is 14.5 Å². The lowest BCUT2D eigenvalue weighted by Crippen LogP contribution is -2.42. The van der Waals surface area contributed by atoms with Gasteiger partial charge in [0, 0.05) is 31.7 Å². The summed E-state index contributed by atoms with van der Waals surface area (Å²) >= 11 is 0. The van der Waals surface area contributed by atoms with Crippen molar-refractivity contribution in [2.75, 3.05) is 46.0 Å². The number of rotatable bonds is 9. The summed E-state index contributed by atoms with van der Waals surface area (Å²) in [7, 11) is 0. The van der Waals surface area contributed by atoms with Crippen molar-refractivity contribution in [1.82, 2.24) is 9.80 Å². The van der Waals surface area contributed by atoms with E-state index in [2.05, 4.69) is 18.7 Å². The first-order valence-electron chi connectivity index (χ1n) is 13.2. The van der Waals surface area contributed by atoms with Crippen molar-refractivity contribution in [2.24, 2.45) is 0 Å². The van der Waals surface area contributed by atoms with Crippen LogP contribution < -0.4 is 4.74 Å². The minimum absolute atomic E-state index is 0.130. The lowest BCUT2D eigenvalue weighted by Gasteiger charge is -2.31. The zero-order valence-corrected chi connectivity index (χ0v) is 22.3. The van der Waals surface area contributed by atoms with Crippen LogP contribution >= 0.6 is 0 Å². The van der Waals surface area contributed by atoms with E-state index in [1.807, 2.05) is 38.1 Å². The van der Waals surface area contributed by atoms with Gasteiger partial charge in [-0.2, -0.15) is 0 Å². The summed E-state index contributed by atoms with van der Waals surface area (Å²) < 4.78 is 11.2. The van der Waals surface area contributed by atoms with Crippen LogP contribution in [0.5, 0.6) is 5.75 Å². The van der Waals surface area contributed by atoms with E-state index < -0.39 is 17.7 Å². The SMILES string of the molecule is CCCOc1ccc(/C(O)=C2\C(=O)C(=O)N(CCN3CCOCC3)C2c2ccc(C(C)C)cc2)cc1C. The summed E-state index contributed by atoms with van der Waals surface area (Å²) in [4.78, 5) is 30.5. The number of hydrogen-bond acceptors (Lipinski definition) is 6. The molecule has 2 aliphatic rings. The molecule has 2 saturated heterocycles. The second-order valence-corrected chi connectivity index (χ2v) is 10.1. The zero-order chi connectivity index (χ0) is 26.5. The quantitative estimate of drug-likeness (QED) is 0.303. The monoisotopic (exact) mass is 506 g/mol. The maximum absolute atomic E-state index is 13.4. The van der Waals surface area contributed by atoms with E-state index in [1.54, 1.807) is 23.1 Å². The fourth-order valence-corrected chi connectivity index (χ4v) is 4.92. The Bertz CT molecular complexity index is 1150. The molecule has 0 aliphatic carbocycles. The number of Topliss-reactive ketones (excluding diaryl/α,β-unsaturated/α-hetero) is 1. The van der Waals surface area contributed by atoms with Crippen molar-refractivity contribution < 1.29 is 24.2 Å². The highest BCUT2D eigenvalue weighted by Crippen LogP contribution is 2.40. The zero-order valence-electron chi connectivity index (χ0n) is 22.3. The third-order valence-electron chi connectivity index (χ3n) is 7.13. The second kappa shape index (κ2) is 11.9. The molecule has 0 radical (unpaired) electrons. The Hall–Kier alpha value is -3.16. The summed E-state index contributed by atoms with van der Waals surface area (Å²) in [5, 5.41) is 11.4. The first-order valence-corrected chi connectivity index (χ1v) is 13.2. The average molecular weight is 507 g/mol. The van der Waals surface area contributed by atoms with Crippen LogP contribution in [0.4, 0.5) is 0 Å². The molecule has 0 aromatic heterocycles. The predicted molar refractivity (Wildman–Crippen MR) is 144 cm³/mol. The molecule has 1 atom stereocenters. The molecule has 2 fully saturated rings. The number of hydrogen-bond donors (Lipinski definition) is 1. The average Bonchev–Trinajstić information content (AvgIpc) is 3.16. The van der Waals surface area contributed by atoms with Gasteiger partial charge in [0.15, 0.2) is 0 Å². The molecule has 1 amide bonds. The van der Waals surface area contributed by atoms with Gasteiger partial charge in [-0.05, 0) is 54.2 Å². The predicted octanol–water partition coefficient (Wildman–Crippen LogP) is 4.66. The molecule has 0 spiro atoms. The first-order chi connectivity index (χ1) is 17.8. The van der Waals surface area contributed by atoms with E-state index in [0.29, 0.717) is 44.4 Å². The molecule has 198 valence electrons. The molecule has 7 nitrogen and oxygen atoms in total. The molecule has 2 aromatic carbocycles. The summed E-state index contributed by atoms with van der Waals surface area (Å²) in [5.74, 6) is -0.285. The largest absolute Gasteiger partial charge is 0.507 e. The standard InChI is InChI=1S/C30H38N2O5/c1-5-16-37-25-11-10-24(19-21(25)4)28(33)26-27(23-8-6-22(7-9-23)20(2)3)32(30(35)29(26)34)13-12-31-14-17-36-18-15-31/h6-11,19-20,27,33H,5,12-18H2,1-4H3/b28-26+. The van der Waals surface area contributed by atoms with Crippen LogP contribution in [0.3, 0.4) is 0 Å². The number of ether oxygens (including phenoxy) is 2. The van der Waals surface area contributed by atoms with Gasteiger partial charge in [-0.15, -0.1) is 0 Å². The molecule has 0 bridgehead atoms. The van der Waals surface area contributed by atoms with Crippen LogP contribution in [0, 0.1) is 6.92 Å². The number of likely N-dealkylation sites (tertiary alicyclic amines) is 1. The molecule has 1 N–H and O–H groups in total. The van der Waals surface area contributed by atoms with Crippen molar-refractivity contribution in [1.29, 1.82) is 0 Å². The normalized spacial score (nSPS) is 20.1. The van der Waals surface area contributed by atoms with E-state index in [4.69, 9.17) is 9.47 Å². The maximum atomic E-state index is 13.4. The Balaban J connectivity index is 1.72. The van der Waals surface area contributed by atoms with Crippen LogP contribution in [0.2, 0.25) is 0 Å². The maximum Gasteiger partial charge on any atom is 0.295 e. The van der Waals surface area contributed by atoms with E-state index in [0.717, 1.165) is 36.4 Å². The summed E-state index contributed by atoms with van der Waals surface area (Å²) in [6.45, 7) is 12.7. The van der Waals surface area contributed by atoms with E-state index in [9.17, 15) is 14.7 Å². The number of carbonyl (C=O) groups excluding carboxylic acids is 2. The van der Waals surface area contributed by atoms with E-state index in [-0.39, 0.29) is 11.3 Å². The van der Waals surface area contributed by atoms with Gasteiger partial charge in [0.25, 0.3) is 11.7 Å². The minimum Gasteiger partial charge on any atom is -0.507 e. The highest BCUT2D eigenvalue weighted by molar-refractivity contribution is 6.46. The molecule has 7 heteroatoms. The number of nitrogens with zero attached hydrogens (tertiary/aromatic N) is 2. The summed E-state index contributed by atoms with van der Waals surface area (Å²) in [5.41, 5.74) is 3.47. The number of ketones is 1. The number of aliphatic hydroxyl groups is 1. The first kappa shape index (κ1) is 26.9. The Kier molecular flexibility index (Phi) is 8.67. The third kappa shape index (κ3) is 5.89. The number of morpholine rings is 1. The molecule has 2 aliphatic heterocycles. The molecule has 37 heavy (non-hydrogen) atoms. The van der Waals surface area contributed by atoms with Gasteiger partial charge in [-0.25, -0.2) is 0 Å². The molecule has 2 aromatic rings. The Morgan fingerprint density at radius 1 is 1.08 bits per heavy atom. The van der Waals surface area contributed by atoms with Gasteiger partial charge in [0.2, 0.25) is 0 Å². The van der Waals surface area contributed by atoms with Crippen LogP contribution in [-0.2, 0) is 14.3 Å². The topological polar surface area (TPSA) is 79.3 Å². The number of benzene rings is 2. The van der Waals surface area contributed by atoms with Crippen LogP contribution in [0.25, 0.3) is 5.76 Å². The van der Waals surface area contributed by atoms with Crippen molar-refractivity contribution in [3.05, 3.63) is 70.3 Å². The van der Waals surface area contributed by atoms with Gasteiger partial charge < -0.3 is 19.5 Å². The highest BCUT2D eigenvalue weighted by atomic mass is 16.5. The highest BCUT2D eigenvalue weighted by Gasteiger charge is 2.46. The number of aryl methyl sites for hydroxylation is 1. The number of amides is 1. The van der Waals surface area contributed by atoms with Crippen molar-refractivity contribution in [2.45, 2.75) is 46.1 Å². The lowest BCUT2D eigenvalue weighted by molar-refractivity contribution is -0.140. The fraction of sp³-hybridized carbons (Fsp3) is 0.467. The van der Waals surface area contributed by atoms with Crippen LogP contribution in [-0.4, -0.2) is 72.6 Å². The molecular formula is C30H38N2O5. The Morgan fingerprint density at radius 2 is 1.78 bits per heavy atom. The van der Waals surface area contributed by atoms with Gasteiger partial charge in [0.1, 0.15) is 11.5 Å².